The molecule has 2 aliphatic carbocycles. The molecule has 0 spiro atoms. The van der Waals surface area contributed by atoms with Crippen molar-refractivity contribution in [3.63, 3.8) is 0 Å². The smallest absolute Gasteiger partial charge is 0.307 e. The minimum Gasteiger partial charge on any atom is -0.481 e. The van der Waals surface area contributed by atoms with Crippen LogP contribution in [0.15, 0.2) is 61.1 Å². The van der Waals surface area contributed by atoms with Crippen molar-refractivity contribution >= 4 is 5.97 Å². The van der Waals surface area contributed by atoms with E-state index in [1.54, 1.807) is 12.4 Å². The maximum absolute atomic E-state index is 11.2. The maximum atomic E-state index is 11.2. The zero-order valence-corrected chi connectivity index (χ0v) is 14.6. The molecule has 0 amide bonds. The zero-order chi connectivity index (χ0) is 18.4. The Morgan fingerprint density at radius 1 is 1.15 bits per heavy atom. The Labute approximate surface area is 156 Å². The number of carboxylic acid groups (broad SMARTS) is 1. The number of ether oxygens (including phenoxy) is 1. The molecule has 0 saturated heterocycles. The van der Waals surface area contributed by atoms with Gasteiger partial charge in [0.15, 0.2) is 0 Å². The third-order valence-electron chi connectivity index (χ3n) is 5.58. The first-order valence-corrected chi connectivity index (χ1v) is 9.04. The molecular weight excluding hydrogens is 340 g/mol. The van der Waals surface area contributed by atoms with E-state index in [4.69, 9.17) is 4.74 Å². The maximum Gasteiger partial charge on any atom is 0.307 e. The van der Waals surface area contributed by atoms with Crippen LogP contribution in [0.4, 0.5) is 0 Å². The Bertz CT molecular complexity index is 1020. The molecule has 3 unspecified atom stereocenters. The van der Waals surface area contributed by atoms with Crippen molar-refractivity contribution in [2.24, 2.45) is 11.8 Å². The number of carboxylic acids is 1. The second-order valence-corrected chi connectivity index (χ2v) is 7.21. The van der Waals surface area contributed by atoms with Crippen LogP contribution in [-0.2, 0) is 17.8 Å². The molecule has 2 heterocycles. The molecule has 0 radical (unpaired) electrons. The lowest BCUT2D eigenvalue weighted by molar-refractivity contribution is -0.139. The summed E-state index contributed by atoms with van der Waals surface area (Å²) in [5, 5.41) is 9.21. The first-order valence-electron chi connectivity index (χ1n) is 9.04. The number of hydrogen-bond acceptors (Lipinski definition) is 4. The lowest BCUT2D eigenvalue weighted by Gasteiger charge is -2.10. The fourth-order valence-corrected chi connectivity index (χ4v) is 4.22. The molecule has 3 atom stereocenters. The van der Waals surface area contributed by atoms with Gasteiger partial charge in [-0.2, -0.15) is 0 Å². The van der Waals surface area contributed by atoms with Crippen LogP contribution in [0.2, 0.25) is 0 Å². The number of rotatable bonds is 5. The number of benzene rings is 1. The third-order valence-corrected chi connectivity index (χ3v) is 5.58. The average molecular weight is 358 g/mol. The first-order chi connectivity index (χ1) is 13.2. The van der Waals surface area contributed by atoms with E-state index in [9.17, 15) is 9.90 Å². The highest BCUT2D eigenvalue weighted by molar-refractivity contribution is 5.77. The molecule has 3 aromatic rings. The molecule has 0 bridgehead atoms. The van der Waals surface area contributed by atoms with Crippen molar-refractivity contribution in [1.29, 1.82) is 0 Å². The van der Waals surface area contributed by atoms with Gasteiger partial charge in [-0.1, -0.05) is 24.3 Å². The highest BCUT2D eigenvalue weighted by atomic mass is 16.5. The summed E-state index contributed by atoms with van der Waals surface area (Å²) >= 11 is 0. The molecule has 1 fully saturated rings. The van der Waals surface area contributed by atoms with E-state index < -0.39 is 5.97 Å². The molecule has 1 N–H and O–H groups in total. The molecule has 2 aliphatic rings. The number of nitrogens with zero attached hydrogens (tertiary/aromatic N) is 2. The monoisotopic (exact) mass is 358 g/mol. The van der Waals surface area contributed by atoms with Crippen LogP contribution in [-0.4, -0.2) is 21.0 Å². The van der Waals surface area contributed by atoms with Gasteiger partial charge in [-0.05, 0) is 52.3 Å². The Kier molecular flexibility index (Phi) is 3.67. The van der Waals surface area contributed by atoms with E-state index in [-0.39, 0.29) is 17.8 Å². The fraction of sp³-hybridized carbons (Fsp3) is 0.227. The normalized spacial score (nSPS) is 22.0. The lowest BCUT2D eigenvalue weighted by Crippen LogP contribution is -2.06. The number of aliphatic carboxylic acids is 1. The summed E-state index contributed by atoms with van der Waals surface area (Å²) in [5.41, 5.74) is 5.50. The van der Waals surface area contributed by atoms with Gasteiger partial charge in [0.2, 0.25) is 5.88 Å². The van der Waals surface area contributed by atoms with E-state index >= 15 is 0 Å². The highest BCUT2D eigenvalue weighted by Gasteiger charge is 2.59. The van der Waals surface area contributed by atoms with Gasteiger partial charge in [0.25, 0.3) is 0 Å². The Morgan fingerprint density at radius 2 is 2.04 bits per heavy atom. The van der Waals surface area contributed by atoms with Gasteiger partial charge in [0.05, 0.1) is 5.92 Å². The van der Waals surface area contributed by atoms with Crippen LogP contribution in [0.3, 0.4) is 0 Å². The predicted molar refractivity (Wildman–Crippen MR) is 99.3 cm³/mol. The Balaban J connectivity index is 1.29. The van der Waals surface area contributed by atoms with Gasteiger partial charge >= 0.3 is 5.97 Å². The quantitative estimate of drug-likeness (QED) is 0.753. The van der Waals surface area contributed by atoms with E-state index in [1.807, 2.05) is 36.5 Å². The second kappa shape index (κ2) is 6.20. The first kappa shape index (κ1) is 16.0. The van der Waals surface area contributed by atoms with Gasteiger partial charge in [-0.3, -0.25) is 9.78 Å². The van der Waals surface area contributed by atoms with Crippen molar-refractivity contribution in [3.8, 4) is 17.0 Å². The standard InChI is InChI=1S/C22H18N2O3/c25-22(26)21-17-8-16-9-19(24-11-18(16)20(17)21)27-12-13-3-1-4-14(7-13)15-5-2-6-23-10-15/h1-7,9-11,17,20-21H,8,12H2,(H,25,26). The summed E-state index contributed by atoms with van der Waals surface area (Å²) in [6.07, 6.45) is 6.22. The van der Waals surface area contributed by atoms with E-state index in [0.717, 1.165) is 28.7 Å². The largest absolute Gasteiger partial charge is 0.481 e. The third kappa shape index (κ3) is 2.85. The van der Waals surface area contributed by atoms with E-state index in [1.165, 1.54) is 5.56 Å². The molecule has 1 saturated carbocycles. The zero-order valence-electron chi connectivity index (χ0n) is 14.6. The van der Waals surface area contributed by atoms with Gasteiger partial charge < -0.3 is 9.84 Å². The molecular formula is C22H18N2O3. The summed E-state index contributed by atoms with van der Waals surface area (Å²) in [6, 6.07) is 14.1. The molecule has 134 valence electrons. The minimum atomic E-state index is -0.690. The number of aromatic nitrogens is 2. The van der Waals surface area contributed by atoms with E-state index in [2.05, 4.69) is 22.1 Å². The lowest BCUT2D eigenvalue weighted by atomic mass is 10.0. The molecule has 1 aromatic carbocycles. The average Bonchev–Trinajstić information content (AvgIpc) is 3.30. The predicted octanol–water partition coefficient (Wildman–Crippen LogP) is 3.69. The van der Waals surface area contributed by atoms with Crippen LogP contribution in [0.5, 0.6) is 5.88 Å². The molecule has 27 heavy (non-hydrogen) atoms. The van der Waals surface area contributed by atoms with E-state index in [0.29, 0.717) is 12.5 Å². The van der Waals surface area contributed by atoms with Crippen molar-refractivity contribution in [2.45, 2.75) is 18.9 Å². The summed E-state index contributed by atoms with van der Waals surface area (Å²) in [7, 11) is 0. The molecule has 5 heteroatoms. The molecule has 0 aliphatic heterocycles. The summed E-state index contributed by atoms with van der Waals surface area (Å²) in [4.78, 5) is 19.7. The van der Waals surface area contributed by atoms with Crippen LogP contribution in [0.25, 0.3) is 11.1 Å². The summed E-state index contributed by atoms with van der Waals surface area (Å²) in [6.45, 7) is 0.435. The minimum absolute atomic E-state index is 0.148. The van der Waals surface area contributed by atoms with Gasteiger partial charge in [-0.25, -0.2) is 4.98 Å². The second-order valence-electron chi connectivity index (χ2n) is 7.21. The summed E-state index contributed by atoms with van der Waals surface area (Å²) < 4.78 is 5.89. The van der Waals surface area contributed by atoms with Crippen molar-refractivity contribution in [1.82, 2.24) is 9.97 Å². The Hall–Kier alpha value is -3.21. The topological polar surface area (TPSA) is 72.3 Å². The van der Waals surface area contributed by atoms with Crippen molar-refractivity contribution < 1.29 is 14.6 Å². The Morgan fingerprint density at radius 3 is 2.85 bits per heavy atom. The van der Waals surface area contributed by atoms with Crippen LogP contribution in [0, 0.1) is 11.8 Å². The van der Waals surface area contributed by atoms with Gasteiger partial charge in [0.1, 0.15) is 6.61 Å². The molecule has 5 nitrogen and oxygen atoms in total. The number of pyridine rings is 2. The molecule has 2 aromatic heterocycles. The van der Waals surface area contributed by atoms with Crippen LogP contribution >= 0.6 is 0 Å². The fourth-order valence-electron chi connectivity index (χ4n) is 4.22. The van der Waals surface area contributed by atoms with Crippen molar-refractivity contribution in [2.75, 3.05) is 0 Å². The van der Waals surface area contributed by atoms with Crippen molar-refractivity contribution in [3.05, 3.63) is 77.7 Å². The highest BCUT2D eigenvalue weighted by Crippen LogP contribution is 2.61. The summed E-state index contributed by atoms with van der Waals surface area (Å²) in [5.74, 6) is 0.0698. The van der Waals surface area contributed by atoms with Crippen LogP contribution in [0.1, 0.15) is 22.6 Å². The van der Waals surface area contributed by atoms with Crippen LogP contribution < -0.4 is 4.74 Å². The molecule has 5 rings (SSSR count). The number of carbonyl (C=O) groups is 1. The number of fused-ring (bicyclic) bond motifs is 3. The van der Waals surface area contributed by atoms with Gasteiger partial charge in [0, 0.05) is 30.6 Å². The van der Waals surface area contributed by atoms with Gasteiger partial charge in [-0.15, -0.1) is 0 Å². The SMILES string of the molecule is O=C(O)C1C2Cc3cc(OCc4cccc(-c5cccnc5)c4)ncc3C21. The number of hydrogen-bond donors (Lipinski definition) is 1.